The lowest BCUT2D eigenvalue weighted by Crippen LogP contribution is -2.29. The van der Waals surface area contributed by atoms with Crippen molar-refractivity contribution in [3.05, 3.63) is 11.1 Å². The molecule has 0 spiro atoms. The smallest absolute Gasteiger partial charge is 0.331 e. The second-order valence-electron chi connectivity index (χ2n) is 3.78. The Labute approximate surface area is 90.4 Å². The van der Waals surface area contributed by atoms with Gasteiger partial charge in [0.2, 0.25) is 5.91 Å². The maximum Gasteiger partial charge on any atom is 0.331 e. The van der Waals surface area contributed by atoms with Crippen molar-refractivity contribution in [2.45, 2.75) is 34.1 Å². The fourth-order valence-corrected chi connectivity index (χ4v) is 0.875. The molecule has 0 heterocycles. The molecule has 0 fully saturated rings. The van der Waals surface area contributed by atoms with Crippen molar-refractivity contribution >= 4 is 11.9 Å². The Hall–Kier alpha value is -1.32. The van der Waals surface area contributed by atoms with Crippen LogP contribution >= 0.6 is 0 Å². The minimum atomic E-state index is -1.05. The number of carboxylic acids is 1. The molecule has 0 aliphatic heterocycles. The molecular weight excluding hydrogens is 194 g/mol. The number of hydrogen-bond acceptors (Lipinski definition) is 2. The first kappa shape index (κ1) is 13.7. The van der Waals surface area contributed by atoms with Gasteiger partial charge in [-0.2, -0.15) is 0 Å². The molecule has 0 aromatic rings. The molecule has 0 aliphatic rings. The summed E-state index contributed by atoms with van der Waals surface area (Å²) in [5.74, 6) is -0.937. The molecule has 0 aliphatic carbocycles. The summed E-state index contributed by atoms with van der Waals surface area (Å²) in [6, 6.07) is 0. The molecule has 15 heavy (non-hydrogen) atoms. The lowest BCUT2D eigenvalue weighted by molar-refractivity contribution is -0.133. The van der Waals surface area contributed by atoms with E-state index in [9.17, 15) is 9.59 Å². The number of carbonyl (C=O) groups excluding carboxylic acids is 1. The van der Waals surface area contributed by atoms with E-state index in [0.717, 1.165) is 6.42 Å². The third-order valence-corrected chi connectivity index (χ3v) is 2.53. The average molecular weight is 213 g/mol. The van der Waals surface area contributed by atoms with E-state index >= 15 is 0 Å². The molecule has 1 amide bonds. The SMILES string of the molecule is CCC(C)CNC(=O)C(C)=C(C)C(=O)O. The number of hydrogen-bond donors (Lipinski definition) is 2. The highest BCUT2D eigenvalue weighted by Crippen LogP contribution is 2.04. The van der Waals surface area contributed by atoms with Crippen LogP contribution in [0.5, 0.6) is 0 Å². The van der Waals surface area contributed by atoms with Gasteiger partial charge in [-0.05, 0) is 19.8 Å². The largest absolute Gasteiger partial charge is 0.478 e. The van der Waals surface area contributed by atoms with Crippen LogP contribution in [0.3, 0.4) is 0 Å². The van der Waals surface area contributed by atoms with E-state index in [1.165, 1.54) is 13.8 Å². The maximum absolute atomic E-state index is 11.5. The van der Waals surface area contributed by atoms with E-state index in [1.54, 1.807) is 0 Å². The minimum absolute atomic E-state index is 0.0941. The highest BCUT2D eigenvalue weighted by atomic mass is 16.4. The Bertz CT molecular complexity index is 282. The first-order chi connectivity index (χ1) is 6.90. The van der Waals surface area contributed by atoms with E-state index in [4.69, 9.17) is 5.11 Å². The van der Waals surface area contributed by atoms with Crippen molar-refractivity contribution in [3.63, 3.8) is 0 Å². The molecule has 0 radical (unpaired) electrons. The third kappa shape index (κ3) is 4.63. The van der Waals surface area contributed by atoms with Gasteiger partial charge in [-0.3, -0.25) is 4.79 Å². The average Bonchev–Trinajstić information content (AvgIpc) is 2.22. The van der Waals surface area contributed by atoms with Gasteiger partial charge in [0.05, 0.1) is 0 Å². The summed E-state index contributed by atoms with van der Waals surface area (Å²) in [7, 11) is 0. The standard InChI is InChI=1S/C11H19NO3/c1-5-7(2)6-12-10(13)8(3)9(4)11(14)15/h7H,5-6H2,1-4H3,(H,12,13)(H,14,15). The number of rotatable bonds is 5. The van der Waals surface area contributed by atoms with E-state index < -0.39 is 5.97 Å². The Balaban J connectivity index is 4.34. The molecule has 0 aromatic heterocycles. The van der Waals surface area contributed by atoms with Crippen LogP contribution < -0.4 is 5.32 Å². The van der Waals surface area contributed by atoms with Crippen LogP contribution in [0.2, 0.25) is 0 Å². The van der Waals surface area contributed by atoms with Crippen molar-refractivity contribution in [2.75, 3.05) is 6.54 Å². The van der Waals surface area contributed by atoms with Crippen molar-refractivity contribution in [1.82, 2.24) is 5.32 Å². The normalized spacial score (nSPS) is 14.1. The predicted molar refractivity (Wildman–Crippen MR) is 58.5 cm³/mol. The second-order valence-corrected chi connectivity index (χ2v) is 3.78. The number of carbonyl (C=O) groups is 2. The van der Waals surface area contributed by atoms with Gasteiger partial charge in [-0.25, -0.2) is 4.79 Å². The summed E-state index contributed by atoms with van der Waals surface area (Å²) in [5.41, 5.74) is 0.363. The van der Waals surface area contributed by atoms with Crippen molar-refractivity contribution in [1.29, 1.82) is 0 Å². The lowest BCUT2D eigenvalue weighted by Gasteiger charge is -2.10. The van der Waals surface area contributed by atoms with Gasteiger partial charge in [0.25, 0.3) is 0 Å². The van der Waals surface area contributed by atoms with Crippen LogP contribution in [-0.2, 0) is 9.59 Å². The van der Waals surface area contributed by atoms with Crippen molar-refractivity contribution in [2.24, 2.45) is 5.92 Å². The van der Waals surface area contributed by atoms with Crippen molar-refractivity contribution < 1.29 is 14.7 Å². The predicted octanol–water partition coefficient (Wildman–Crippen LogP) is 1.57. The molecule has 4 nitrogen and oxygen atoms in total. The summed E-state index contributed by atoms with van der Waals surface area (Å²) < 4.78 is 0. The molecule has 0 bridgehead atoms. The van der Waals surface area contributed by atoms with Gasteiger partial charge in [0, 0.05) is 17.7 Å². The van der Waals surface area contributed by atoms with Gasteiger partial charge in [0.1, 0.15) is 0 Å². The maximum atomic E-state index is 11.5. The molecule has 1 atom stereocenters. The van der Waals surface area contributed by atoms with Crippen LogP contribution in [-0.4, -0.2) is 23.5 Å². The number of amides is 1. The molecule has 86 valence electrons. The molecule has 0 saturated carbocycles. The summed E-state index contributed by atoms with van der Waals surface area (Å²) in [5, 5.41) is 11.4. The van der Waals surface area contributed by atoms with Crippen LogP contribution in [0.4, 0.5) is 0 Å². The Kier molecular flexibility index (Phi) is 5.67. The van der Waals surface area contributed by atoms with E-state index in [0.29, 0.717) is 12.5 Å². The quantitative estimate of drug-likeness (QED) is 0.681. The van der Waals surface area contributed by atoms with E-state index in [1.807, 2.05) is 13.8 Å². The van der Waals surface area contributed by atoms with Gasteiger partial charge < -0.3 is 10.4 Å². The monoisotopic (exact) mass is 213 g/mol. The summed E-state index contributed by atoms with van der Waals surface area (Å²) in [4.78, 5) is 22.1. The van der Waals surface area contributed by atoms with Crippen LogP contribution in [0, 0.1) is 5.92 Å². The summed E-state index contributed by atoms with van der Waals surface area (Å²) in [6.07, 6.45) is 0.987. The van der Waals surface area contributed by atoms with E-state index in [-0.39, 0.29) is 17.1 Å². The molecule has 4 heteroatoms. The highest BCUT2D eigenvalue weighted by molar-refractivity contribution is 6.01. The van der Waals surface area contributed by atoms with Gasteiger partial charge in [-0.1, -0.05) is 20.3 Å². The van der Waals surface area contributed by atoms with Gasteiger partial charge >= 0.3 is 5.97 Å². The molecule has 1 unspecified atom stereocenters. The Morgan fingerprint density at radius 2 is 1.80 bits per heavy atom. The van der Waals surface area contributed by atoms with Crippen molar-refractivity contribution in [3.8, 4) is 0 Å². The molecular formula is C11H19NO3. The summed E-state index contributed by atoms with van der Waals surface area (Å²) in [6.45, 7) is 7.61. The molecule has 0 saturated heterocycles. The Morgan fingerprint density at radius 1 is 1.27 bits per heavy atom. The molecule has 0 rings (SSSR count). The third-order valence-electron chi connectivity index (χ3n) is 2.53. The van der Waals surface area contributed by atoms with Crippen LogP contribution in [0.15, 0.2) is 11.1 Å². The first-order valence-corrected chi connectivity index (χ1v) is 5.09. The zero-order chi connectivity index (χ0) is 12.0. The Morgan fingerprint density at radius 3 is 2.20 bits per heavy atom. The van der Waals surface area contributed by atoms with E-state index in [2.05, 4.69) is 5.32 Å². The van der Waals surface area contributed by atoms with Gasteiger partial charge in [0.15, 0.2) is 0 Å². The fraction of sp³-hybridized carbons (Fsp3) is 0.636. The van der Waals surface area contributed by atoms with Crippen LogP contribution in [0.1, 0.15) is 34.1 Å². The zero-order valence-corrected chi connectivity index (χ0v) is 9.76. The summed E-state index contributed by atoms with van der Waals surface area (Å²) >= 11 is 0. The molecule has 0 aromatic carbocycles. The lowest BCUT2D eigenvalue weighted by atomic mass is 10.1. The fourth-order valence-electron chi connectivity index (χ4n) is 0.875. The topological polar surface area (TPSA) is 66.4 Å². The number of nitrogens with one attached hydrogen (secondary N) is 1. The number of carboxylic acid groups (broad SMARTS) is 1. The molecule has 2 N–H and O–H groups in total. The second kappa shape index (κ2) is 6.22. The minimum Gasteiger partial charge on any atom is -0.478 e. The first-order valence-electron chi connectivity index (χ1n) is 5.09. The van der Waals surface area contributed by atoms with Gasteiger partial charge in [-0.15, -0.1) is 0 Å². The number of aliphatic carboxylic acids is 1. The van der Waals surface area contributed by atoms with Crippen LogP contribution in [0.25, 0.3) is 0 Å². The zero-order valence-electron chi connectivity index (χ0n) is 9.76. The highest BCUT2D eigenvalue weighted by Gasteiger charge is 2.12.